The number of nitrogens with one attached hydrogen (secondary N) is 1. The van der Waals surface area contributed by atoms with Crippen molar-refractivity contribution in [2.24, 2.45) is 5.92 Å². The van der Waals surface area contributed by atoms with Crippen LogP contribution in [0.2, 0.25) is 5.02 Å². The van der Waals surface area contributed by atoms with Gasteiger partial charge in [-0.3, -0.25) is 9.78 Å². The number of hydrogen-bond donors (Lipinski definition) is 1. The molecule has 1 aliphatic heterocycles. The Morgan fingerprint density at radius 1 is 1.13 bits per heavy atom. The third-order valence-corrected chi connectivity index (χ3v) is 5.48. The summed E-state index contributed by atoms with van der Waals surface area (Å²) in [6.07, 6.45) is -0.937. The van der Waals surface area contributed by atoms with E-state index in [1.165, 1.54) is 0 Å². The van der Waals surface area contributed by atoms with Gasteiger partial charge in [-0.2, -0.15) is 13.2 Å². The number of pyridine rings is 2. The van der Waals surface area contributed by atoms with Crippen molar-refractivity contribution in [3.05, 3.63) is 59.4 Å². The molecule has 0 spiro atoms. The number of halogens is 4. The van der Waals surface area contributed by atoms with Crippen LogP contribution in [0.5, 0.6) is 0 Å². The van der Waals surface area contributed by atoms with Crippen molar-refractivity contribution in [2.75, 3.05) is 23.3 Å². The van der Waals surface area contributed by atoms with Crippen molar-refractivity contribution < 1.29 is 18.0 Å². The van der Waals surface area contributed by atoms with Crippen molar-refractivity contribution in [2.45, 2.75) is 19.0 Å². The molecule has 3 heterocycles. The number of alkyl halides is 3. The number of anilines is 2. The average Bonchev–Trinajstić information content (AvgIpc) is 2.73. The molecule has 4 rings (SSSR count). The van der Waals surface area contributed by atoms with Crippen LogP contribution < -0.4 is 10.2 Å². The van der Waals surface area contributed by atoms with Crippen LogP contribution in [0.1, 0.15) is 18.4 Å². The number of aromatic nitrogens is 2. The Hall–Kier alpha value is -2.87. The molecule has 30 heavy (non-hydrogen) atoms. The van der Waals surface area contributed by atoms with Crippen LogP contribution in [0.25, 0.3) is 10.9 Å². The molecule has 0 unspecified atom stereocenters. The van der Waals surface area contributed by atoms with Gasteiger partial charge >= 0.3 is 6.18 Å². The Labute approximate surface area is 175 Å². The van der Waals surface area contributed by atoms with Crippen molar-refractivity contribution in [1.29, 1.82) is 0 Å². The molecular formula is C21H18ClF3N4O. The third kappa shape index (κ3) is 4.18. The molecule has 1 fully saturated rings. The highest BCUT2D eigenvalue weighted by molar-refractivity contribution is 6.33. The van der Waals surface area contributed by atoms with Gasteiger partial charge in [0.25, 0.3) is 0 Å². The van der Waals surface area contributed by atoms with Crippen LogP contribution in [0.3, 0.4) is 0 Å². The number of fused-ring (bicyclic) bond motifs is 1. The summed E-state index contributed by atoms with van der Waals surface area (Å²) < 4.78 is 38.4. The monoisotopic (exact) mass is 434 g/mol. The molecule has 1 amide bonds. The highest BCUT2D eigenvalue weighted by atomic mass is 35.5. The van der Waals surface area contributed by atoms with Gasteiger partial charge in [0.15, 0.2) is 0 Å². The van der Waals surface area contributed by atoms with Crippen LogP contribution >= 0.6 is 11.6 Å². The maximum atomic E-state index is 12.8. The molecule has 1 N–H and O–H groups in total. The minimum atomic E-state index is -4.49. The molecule has 5 nitrogen and oxygen atoms in total. The number of benzene rings is 1. The Morgan fingerprint density at radius 2 is 1.87 bits per heavy atom. The molecule has 1 aliphatic rings. The van der Waals surface area contributed by atoms with E-state index >= 15 is 0 Å². The third-order valence-electron chi connectivity index (χ3n) is 5.20. The fourth-order valence-electron chi connectivity index (χ4n) is 3.61. The second kappa shape index (κ2) is 8.10. The van der Waals surface area contributed by atoms with E-state index in [2.05, 4.69) is 15.3 Å². The van der Waals surface area contributed by atoms with Gasteiger partial charge in [-0.1, -0.05) is 29.8 Å². The number of carbonyl (C=O) groups is 1. The summed E-state index contributed by atoms with van der Waals surface area (Å²) in [5.74, 6) is -0.00509. The zero-order chi connectivity index (χ0) is 21.3. The summed E-state index contributed by atoms with van der Waals surface area (Å²) >= 11 is 6.04. The largest absolute Gasteiger partial charge is 0.417 e. The van der Waals surface area contributed by atoms with Gasteiger partial charge in [0.1, 0.15) is 5.82 Å². The SMILES string of the molecule is O=C(Nc1cccc2cccnc12)C1CCN(c2ncc(C(F)(F)F)cc2Cl)CC1. The summed E-state index contributed by atoms with van der Waals surface area (Å²) in [6.45, 7) is 0.952. The standard InChI is InChI=1S/C21H18ClF3N4O/c22-16-11-15(21(23,24)25)12-27-19(16)29-9-6-14(7-10-29)20(30)28-17-5-1-3-13-4-2-8-26-18(13)17/h1-5,8,11-12,14H,6-7,9-10H2,(H,28,30). The van der Waals surface area contributed by atoms with E-state index in [1.54, 1.807) is 6.20 Å². The van der Waals surface area contributed by atoms with Crippen molar-refractivity contribution in [3.63, 3.8) is 0 Å². The first kappa shape index (κ1) is 20.4. The Bertz CT molecular complexity index is 1080. The molecule has 0 bridgehead atoms. The number of amides is 1. The topological polar surface area (TPSA) is 58.1 Å². The summed E-state index contributed by atoms with van der Waals surface area (Å²) in [4.78, 5) is 22.8. The zero-order valence-electron chi connectivity index (χ0n) is 15.8. The van der Waals surface area contributed by atoms with Gasteiger partial charge in [0, 0.05) is 36.8 Å². The molecule has 0 aliphatic carbocycles. The van der Waals surface area contributed by atoms with Gasteiger partial charge < -0.3 is 10.2 Å². The minimum Gasteiger partial charge on any atom is -0.355 e. The molecule has 2 aromatic heterocycles. The number of piperidine rings is 1. The lowest BCUT2D eigenvalue weighted by Crippen LogP contribution is -2.38. The Kier molecular flexibility index (Phi) is 5.51. The molecule has 0 atom stereocenters. The number of para-hydroxylation sites is 1. The number of nitrogens with zero attached hydrogens (tertiary/aromatic N) is 3. The smallest absolute Gasteiger partial charge is 0.355 e. The number of hydrogen-bond acceptors (Lipinski definition) is 4. The minimum absolute atomic E-state index is 0.0467. The van der Waals surface area contributed by atoms with Crippen LogP contribution in [0.15, 0.2) is 48.8 Å². The number of carbonyl (C=O) groups excluding carboxylic acids is 1. The molecule has 0 saturated carbocycles. The first-order chi connectivity index (χ1) is 14.3. The number of rotatable bonds is 3. The second-order valence-electron chi connectivity index (χ2n) is 7.16. The van der Waals surface area contributed by atoms with E-state index < -0.39 is 11.7 Å². The summed E-state index contributed by atoms with van der Waals surface area (Å²) in [5, 5.41) is 3.85. The molecule has 156 valence electrons. The maximum Gasteiger partial charge on any atom is 0.417 e. The normalized spacial score (nSPS) is 15.4. The Morgan fingerprint density at radius 3 is 2.57 bits per heavy atom. The van der Waals surface area contributed by atoms with Crippen molar-refractivity contribution in [1.82, 2.24) is 9.97 Å². The Balaban J connectivity index is 1.41. The predicted molar refractivity (Wildman–Crippen MR) is 110 cm³/mol. The van der Waals surface area contributed by atoms with Crippen LogP contribution in [0.4, 0.5) is 24.7 Å². The molecule has 3 aromatic rings. The first-order valence-corrected chi connectivity index (χ1v) is 9.83. The van der Waals surface area contributed by atoms with Gasteiger partial charge in [0.2, 0.25) is 5.91 Å². The second-order valence-corrected chi connectivity index (χ2v) is 7.57. The van der Waals surface area contributed by atoms with Crippen LogP contribution in [0, 0.1) is 5.92 Å². The van der Waals surface area contributed by atoms with Gasteiger partial charge in [0.05, 0.1) is 21.8 Å². The van der Waals surface area contributed by atoms with E-state index in [-0.39, 0.29) is 16.8 Å². The average molecular weight is 435 g/mol. The van der Waals surface area contributed by atoms with Crippen molar-refractivity contribution in [3.8, 4) is 0 Å². The molecular weight excluding hydrogens is 417 g/mol. The van der Waals surface area contributed by atoms with E-state index in [4.69, 9.17) is 11.6 Å². The lowest BCUT2D eigenvalue weighted by Gasteiger charge is -2.32. The fourth-order valence-corrected chi connectivity index (χ4v) is 3.90. The quantitative estimate of drug-likeness (QED) is 0.618. The summed E-state index contributed by atoms with van der Waals surface area (Å²) in [6, 6.07) is 10.3. The highest BCUT2D eigenvalue weighted by Gasteiger charge is 2.33. The van der Waals surface area contributed by atoms with Gasteiger partial charge in [-0.15, -0.1) is 0 Å². The molecule has 0 radical (unpaired) electrons. The molecule has 1 saturated heterocycles. The zero-order valence-corrected chi connectivity index (χ0v) is 16.5. The highest BCUT2D eigenvalue weighted by Crippen LogP contribution is 2.35. The van der Waals surface area contributed by atoms with E-state index in [1.807, 2.05) is 35.2 Å². The summed E-state index contributed by atoms with van der Waals surface area (Å²) in [7, 11) is 0. The van der Waals surface area contributed by atoms with Gasteiger partial charge in [-0.25, -0.2) is 4.98 Å². The lowest BCUT2D eigenvalue weighted by molar-refractivity contribution is -0.137. The lowest BCUT2D eigenvalue weighted by atomic mass is 9.95. The van der Waals surface area contributed by atoms with E-state index in [9.17, 15) is 18.0 Å². The predicted octanol–water partition coefficient (Wildman–Crippen LogP) is 5.16. The first-order valence-electron chi connectivity index (χ1n) is 9.45. The maximum absolute atomic E-state index is 12.8. The van der Waals surface area contributed by atoms with Crippen LogP contribution in [-0.2, 0) is 11.0 Å². The van der Waals surface area contributed by atoms with Gasteiger partial charge in [-0.05, 0) is 31.0 Å². The summed E-state index contributed by atoms with van der Waals surface area (Å²) in [5.41, 5.74) is 0.508. The molecule has 1 aromatic carbocycles. The van der Waals surface area contributed by atoms with E-state index in [0.29, 0.717) is 37.4 Å². The fraction of sp³-hybridized carbons (Fsp3) is 0.286. The van der Waals surface area contributed by atoms with Crippen LogP contribution in [-0.4, -0.2) is 29.0 Å². The van der Waals surface area contributed by atoms with E-state index in [0.717, 1.165) is 23.2 Å². The molecule has 9 heteroatoms. The van der Waals surface area contributed by atoms with Crippen molar-refractivity contribution >= 4 is 39.9 Å².